The van der Waals surface area contributed by atoms with Crippen molar-refractivity contribution in [3.8, 4) is 0 Å². The van der Waals surface area contributed by atoms with Crippen LogP contribution >= 0.6 is 0 Å². The minimum atomic E-state index is 1.06. The van der Waals surface area contributed by atoms with Crippen LogP contribution in [0.3, 0.4) is 0 Å². The fourth-order valence-electron chi connectivity index (χ4n) is 1.71. The van der Waals surface area contributed by atoms with Crippen LogP contribution in [0.4, 0.5) is 5.69 Å². The van der Waals surface area contributed by atoms with Gasteiger partial charge in [-0.2, -0.15) is 0 Å². The van der Waals surface area contributed by atoms with Gasteiger partial charge in [-0.1, -0.05) is 43.7 Å². The predicted octanol–water partition coefficient (Wildman–Crippen LogP) is 4.05. The average Bonchev–Trinajstić information content (AvgIpc) is 2.29. The smallest absolute Gasteiger partial charge is 0.0346 e. The summed E-state index contributed by atoms with van der Waals surface area (Å²) in [6.45, 7) is 3.27. The van der Waals surface area contributed by atoms with Crippen molar-refractivity contribution in [3.05, 3.63) is 42.5 Å². The molecule has 15 heavy (non-hydrogen) atoms. The van der Waals surface area contributed by atoms with E-state index < -0.39 is 0 Å². The Morgan fingerprint density at radius 3 is 2.60 bits per heavy atom. The topological polar surface area (TPSA) is 12.0 Å². The summed E-state index contributed by atoms with van der Waals surface area (Å²) in [4.78, 5) is 0. The van der Waals surface area contributed by atoms with Crippen molar-refractivity contribution < 1.29 is 0 Å². The summed E-state index contributed by atoms with van der Waals surface area (Å²) in [6.07, 6.45) is 2.47. The molecule has 0 aliphatic carbocycles. The summed E-state index contributed by atoms with van der Waals surface area (Å²) in [5, 5.41) is 6.05. The van der Waals surface area contributed by atoms with E-state index in [1.54, 1.807) is 0 Å². The fraction of sp³-hybridized carbons (Fsp3) is 0.286. The fourth-order valence-corrected chi connectivity index (χ4v) is 1.71. The van der Waals surface area contributed by atoms with Crippen LogP contribution in [0.1, 0.15) is 19.8 Å². The van der Waals surface area contributed by atoms with E-state index in [1.807, 2.05) is 0 Å². The van der Waals surface area contributed by atoms with Crippen LogP contribution in [-0.2, 0) is 0 Å². The van der Waals surface area contributed by atoms with Crippen LogP contribution in [0.25, 0.3) is 10.8 Å². The monoisotopic (exact) mass is 199 g/mol. The first kappa shape index (κ1) is 10.0. The van der Waals surface area contributed by atoms with Crippen molar-refractivity contribution in [1.29, 1.82) is 0 Å². The van der Waals surface area contributed by atoms with Gasteiger partial charge in [-0.25, -0.2) is 0 Å². The number of fused-ring (bicyclic) bond motifs is 1. The summed E-state index contributed by atoms with van der Waals surface area (Å²) in [5.74, 6) is 0. The van der Waals surface area contributed by atoms with Gasteiger partial charge in [0.1, 0.15) is 0 Å². The lowest BCUT2D eigenvalue weighted by atomic mass is 10.1. The predicted molar refractivity (Wildman–Crippen MR) is 67.3 cm³/mol. The van der Waals surface area contributed by atoms with Crippen molar-refractivity contribution in [1.82, 2.24) is 0 Å². The number of unbranched alkanes of at least 4 members (excludes halogenated alkanes) is 1. The molecule has 0 saturated heterocycles. The molecular weight excluding hydrogens is 182 g/mol. The Morgan fingerprint density at radius 1 is 1.00 bits per heavy atom. The highest BCUT2D eigenvalue weighted by Crippen LogP contribution is 2.18. The maximum absolute atomic E-state index is 3.44. The highest BCUT2D eigenvalue weighted by atomic mass is 14.9. The first-order chi connectivity index (χ1) is 7.40. The summed E-state index contributed by atoms with van der Waals surface area (Å²) in [7, 11) is 0. The molecule has 0 saturated carbocycles. The third-order valence-electron chi connectivity index (χ3n) is 2.61. The molecule has 0 aliphatic heterocycles. The van der Waals surface area contributed by atoms with E-state index in [0.29, 0.717) is 0 Å². The molecular formula is C14H17N. The Labute approximate surface area is 91.1 Å². The van der Waals surface area contributed by atoms with Crippen molar-refractivity contribution in [3.63, 3.8) is 0 Å². The maximum atomic E-state index is 3.44. The zero-order chi connectivity index (χ0) is 10.5. The number of hydrogen-bond acceptors (Lipinski definition) is 1. The molecule has 1 N–H and O–H groups in total. The Balaban J connectivity index is 2.16. The van der Waals surface area contributed by atoms with Gasteiger partial charge in [0, 0.05) is 12.2 Å². The molecule has 0 aromatic heterocycles. The van der Waals surface area contributed by atoms with E-state index in [9.17, 15) is 0 Å². The van der Waals surface area contributed by atoms with Crippen LogP contribution in [0, 0.1) is 0 Å². The van der Waals surface area contributed by atoms with Crippen molar-refractivity contribution >= 4 is 16.5 Å². The summed E-state index contributed by atoms with van der Waals surface area (Å²) in [6, 6.07) is 15.0. The summed E-state index contributed by atoms with van der Waals surface area (Å²) < 4.78 is 0. The van der Waals surface area contributed by atoms with Gasteiger partial charge in [-0.3, -0.25) is 0 Å². The molecule has 2 rings (SSSR count). The van der Waals surface area contributed by atoms with E-state index in [4.69, 9.17) is 0 Å². The lowest BCUT2D eigenvalue weighted by Gasteiger charge is -2.06. The molecule has 0 atom stereocenters. The SMILES string of the molecule is CCCCNc1ccc2ccccc2c1. The molecule has 0 aliphatic rings. The van der Waals surface area contributed by atoms with Crippen LogP contribution in [0.5, 0.6) is 0 Å². The van der Waals surface area contributed by atoms with Crippen molar-refractivity contribution in [2.45, 2.75) is 19.8 Å². The van der Waals surface area contributed by atoms with Crippen LogP contribution in [0.2, 0.25) is 0 Å². The molecule has 0 unspecified atom stereocenters. The second-order valence-corrected chi connectivity index (χ2v) is 3.84. The number of hydrogen-bond donors (Lipinski definition) is 1. The number of nitrogens with one attached hydrogen (secondary N) is 1. The highest BCUT2D eigenvalue weighted by molar-refractivity contribution is 5.85. The molecule has 0 bridgehead atoms. The quantitative estimate of drug-likeness (QED) is 0.732. The van der Waals surface area contributed by atoms with E-state index in [0.717, 1.165) is 6.54 Å². The van der Waals surface area contributed by atoms with Crippen molar-refractivity contribution in [2.75, 3.05) is 11.9 Å². The molecule has 2 aromatic carbocycles. The van der Waals surface area contributed by atoms with E-state index in [-0.39, 0.29) is 0 Å². The standard InChI is InChI=1S/C14H17N/c1-2-3-10-15-14-9-8-12-6-4-5-7-13(12)11-14/h4-9,11,15H,2-3,10H2,1H3. The van der Waals surface area contributed by atoms with Gasteiger partial charge >= 0.3 is 0 Å². The average molecular weight is 199 g/mol. The van der Waals surface area contributed by atoms with Gasteiger partial charge in [0.05, 0.1) is 0 Å². The Kier molecular flexibility index (Phi) is 3.23. The van der Waals surface area contributed by atoms with E-state index >= 15 is 0 Å². The normalized spacial score (nSPS) is 10.5. The molecule has 1 nitrogen and oxygen atoms in total. The Hall–Kier alpha value is -1.50. The van der Waals surface area contributed by atoms with Crippen LogP contribution in [0.15, 0.2) is 42.5 Å². The zero-order valence-electron chi connectivity index (χ0n) is 9.16. The summed E-state index contributed by atoms with van der Waals surface area (Å²) in [5.41, 5.74) is 1.22. The largest absolute Gasteiger partial charge is 0.385 e. The van der Waals surface area contributed by atoms with Gasteiger partial charge in [0.25, 0.3) is 0 Å². The highest BCUT2D eigenvalue weighted by Gasteiger charge is 1.94. The molecule has 0 spiro atoms. The first-order valence-electron chi connectivity index (χ1n) is 5.63. The lowest BCUT2D eigenvalue weighted by molar-refractivity contribution is 0.834. The maximum Gasteiger partial charge on any atom is 0.0346 e. The van der Waals surface area contributed by atoms with Crippen LogP contribution in [-0.4, -0.2) is 6.54 Å². The van der Waals surface area contributed by atoms with E-state index in [1.165, 1.54) is 29.3 Å². The zero-order valence-corrected chi connectivity index (χ0v) is 9.16. The molecule has 0 fully saturated rings. The molecule has 1 heteroatoms. The summed E-state index contributed by atoms with van der Waals surface area (Å²) >= 11 is 0. The minimum absolute atomic E-state index is 1.06. The van der Waals surface area contributed by atoms with Gasteiger partial charge < -0.3 is 5.32 Å². The number of benzene rings is 2. The Bertz CT molecular complexity index is 434. The molecule has 0 amide bonds. The second-order valence-electron chi connectivity index (χ2n) is 3.84. The molecule has 0 radical (unpaired) electrons. The molecule has 2 aromatic rings. The first-order valence-corrected chi connectivity index (χ1v) is 5.63. The third kappa shape index (κ3) is 2.50. The van der Waals surface area contributed by atoms with Gasteiger partial charge in [-0.05, 0) is 29.3 Å². The molecule has 0 heterocycles. The van der Waals surface area contributed by atoms with Crippen molar-refractivity contribution in [2.24, 2.45) is 0 Å². The lowest BCUT2D eigenvalue weighted by Crippen LogP contribution is -2.00. The Morgan fingerprint density at radius 2 is 1.80 bits per heavy atom. The molecule has 78 valence electrons. The minimum Gasteiger partial charge on any atom is -0.385 e. The second kappa shape index (κ2) is 4.83. The third-order valence-corrected chi connectivity index (χ3v) is 2.61. The number of anilines is 1. The van der Waals surface area contributed by atoms with E-state index in [2.05, 4.69) is 54.7 Å². The van der Waals surface area contributed by atoms with Gasteiger partial charge in [-0.15, -0.1) is 0 Å². The van der Waals surface area contributed by atoms with Gasteiger partial charge in [0.15, 0.2) is 0 Å². The van der Waals surface area contributed by atoms with Crippen LogP contribution < -0.4 is 5.32 Å². The van der Waals surface area contributed by atoms with Gasteiger partial charge in [0.2, 0.25) is 0 Å². The number of rotatable bonds is 4.